The van der Waals surface area contributed by atoms with Crippen LogP contribution in [0.2, 0.25) is 0 Å². The molecule has 2 atom stereocenters. The van der Waals surface area contributed by atoms with E-state index in [9.17, 15) is 4.79 Å². The minimum absolute atomic E-state index is 0.169. The van der Waals surface area contributed by atoms with E-state index in [1.165, 1.54) is 25.7 Å². The number of isocyanates is 1. The summed E-state index contributed by atoms with van der Waals surface area (Å²) in [6.07, 6.45) is 8.87. The molecule has 0 N–H and O–H groups in total. The third kappa shape index (κ3) is 3.08. The highest BCUT2D eigenvalue weighted by Crippen LogP contribution is 2.24. The first-order chi connectivity index (χ1) is 5.84. The van der Waals surface area contributed by atoms with Crippen LogP contribution in [0.5, 0.6) is 0 Å². The van der Waals surface area contributed by atoms with Gasteiger partial charge in [0.05, 0.1) is 6.04 Å². The zero-order chi connectivity index (χ0) is 8.81. The monoisotopic (exact) mass is 231 g/mol. The number of halogens is 1. The fraction of sp³-hybridized carbons (Fsp3) is 0.889. The maximum absolute atomic E-state index is 10.1. The predicted molar refractivity (Wildman–Crippen MR) is 52.3 cm³/mol. The molecule has 0 aromatic carbocycles. The molecule has 0 saturated heterocycles. The van der Waals surface area contributed by atoms with Gasteiger partial charge in [-0.3, -0.25) is 0 Å². The maximum Gasteiger partial charge on any atom is 0.235 e. The Bertz CT molecular complexity index is 177. The van der Waals surface area contributed by atoms with Gasteiger partial charge in [0.2, 0.25) is 6.08 Å². The average Bonchev–Trinajstić information content (AvgIpc) is 2.05. The second-order valence-corrected chi connectivity index (χ2v) is 4.47. The van der Waals surface area contributed by atoms with Gasteiger partial charge in [0, 0.05) is 4.83 Å². The van der Waals surface area contributed by atoms with Crippen molar-refractivity contribution in [2.45, 2.75) is 49.4 Å². The van der Waals surface area contributed by atoms with Crippen LogP contribution in [0.15, 0.2) is 4.99 Å². The molecule has 68 valence electrons. The van der Waals surface area contributed by atoms with E-state index in [1.807, 2.05) is 0 Å². The van der Waals surface area contributed by atoms with Gasteiger partial charge in [0.1, 0.15) is 0 Å². The highest BCUT2D eigenvalue weighted by Gasteiger charge is 2.19. The third-order valence-electron chi connectivity index (χ3n) is 2.37. The van der Waals surface area contributed by atoms with Crippen LogP contribution in [0, 0.1) is 0 Å². The van der Waals surface area contributed by atoms with Crippen molar-refractivity contribution in [3.05, 3.63) is 0 Å². The molecule has 0 heterocycles. The minimum Gasteiger partial charge on any atom is -0.211 e. The van der Waals surface area contributed by atoms with Crippen LogP contribution in [-0.2, 0) is 4.79 Å². The van der Waals surface area contributed by atoms with Crippen LogP contribution < -0.4 is 0 Å². The summed E-state index contributed by atoms with van der Waals surface area (Å²) in [4.78, 5) is 14.3. The number of carbonyl (C=O) groups excluding carboxylic acids is 1. The summed E-state index contributed by atoms with van der Waals surface area (Å²) >= 11 is 3.57. The van der Waals surface area contributed by atoms with Gasteiger partial charge in [-0.25, -0.2) is 9.79 Å². The van der Waals surface area contributed by atoms with E-state index >= 15 is 0 Å². The largest absolute Gasteiger partial charge is 0.235 e. The zero-order valence-electron chi connectivity index (χ0n) is 7.13. The lowest BCUT2D eigenvalue weighted by Gasteiger charge is -2.19. The van der Waals surface area contributed by atoms with Crippen LogP contribution in [0.4, 0.5) is 0 Å². The van der Waals surface area contributed by atoms with Gasteiger partial charge in [0.25, 0.3) is 0 Å². The van der Waals surface area contributed by atoms with Crippen LogP contribution in [-0.4, -0.2) is 16.9 Å². The Kier molecular flexibility index (Phi) is 4.55. The van der Waals surface area contributed by atoms with E-state index in [1.54, 1.807) is 6.08 Å². The molecule has 0 radical (unpaired) electrons. The Balaban J connectivity index is 2.48. The van der Waals surface area contributed by atoms with E-state index in [4.69, 9.17) is 0 Å². The van der Waals surface area contributed by atoms with Crippen molar-refractivity contribution in [2.24, 2.45) is 4.99 Å². The van der Waals surface area contributed by atoms with Gasteiger partial charge in [-0.15, -0.1) is 0 Å². The Labute approximate surface area is 81.6 Å². The van der Waals surface area contributed by atoms with Crippen molar-refractivity contribution >= 4 is 22.0 Å². The molecule has 0 aromatic heterocycles. The van der Waals surface area contributed by atoms with Crippen molar-refractivity contribution in [2.75, 3.05) is 0 Å². The van der Waals surface area contributed by atoms with Crippen LogP contribution in [0.1, 0.15) is 38.5 Å². The van der Waals surface area contributed by atoms with Crippen molar-refractivity contribution < 1.29 is 4.79 Å². The lowest BCUT2D eigenvalue weighted by atomic mass is 9.97. The van der Waals surface area contributed by atoms with Crippen molar-refractivity contribution in [1.82, 2.24) is 0 Å². The van der Waals surface area contributed by atoms with Gasteiger partial charge < -0.3 is 0 Å². The first-order valence-electron chi connectivity index (χ1n) is 4.55. The molecule has 1 aliphatic carbocycles. The summed E-state index contributed by atoms with van der Waals surface area (Å²) in [6.45, 7) is 0. The molecule has 0 amide bonds. The summed E-state index contributed by atoms with van der Waals surface area (Å²) in [5, 5.41) is 0. The lowest BCUT2D eigenvalue weighted by Crippen LogP contribution is -2.20. The van der Waals surface area contributed by atoms with Gasteiger partial charge >= 0.3 is 0 Å². The topological polar surface area (TPSA) is 29.4 Å². The molecule has 0 aliphatic heterocycles. The SMILES string of the molecule is O=C=NC1CCCCCCC1Br. The Morgan fingerprint density at radius 3 is 2.50 bits per heavy atom. The molecule has 3 heteroatoms. The molecule has 2 nitrogen and oxygen atoms in total. The third-order valence-corrected chi connectivity index (χ3v) is 3.43. The quantitative estimate of drug-likeness (QED) is 0.388. The summed E-state index contributed by atoms with van der Waals surface area (Å²) < 4.78 is 0. The first kappa shape index (κ1) is 9.94. The fourth-order valence-corrected chi connectivity index (χ4v) is 2.34. The summed E-state index contributed by atoms with van der Waals surface area (Å²) in [6, 6.07) is 0.169. The molecule has 0 spiro atoms. The number of rotatable bonds is 1. The molecule has 1 aliphatic rings. The van der Waals surface area contributed by atoms with Crippen LogP contribution in [0.25, 0.3) is 0 Å². The normalized spacial score (nSPS) is 31.4. The van der Waals surface area contributed by atoms with Gasteiger partial charge in [-0.1, -0.05) is 41.6 Å². The van der Waals surface area contributed by atoms with Crippen molar-refractivity contribution in [3.63, 3.8) is 0 Å². The van der Waals surface area contributed by atoms with Gasteiger partial charge in [-0.2, -0.15) is 0 Å². The van der Waals surface area contributed by atoms with Gasteiger partial charge in [0.15, 0.2) is 0 Å². The predicted octanol–water partition coefficient (Wildman–Crippen LogP) is 2.81. The summed E-state index contributed by atoms with van der Waals surface area (Å²) in [7, 11) is 0. The minimum atomic E-state index is 0.169. The number of nitrogens with zero attached hydrogens (tertiary/aromatic N) is 1. The molecule has 1 fully saturated rings. The molecule has 1 rings (SSSR count). The zero-order valence-corrected chi connectivity index (χ0v) is 8.72. The lowest BCUT2D eigenvalue weighted by molar-refractivity contribution is 0.464. The standard InChI is InChI=1S/C9H14BrNO/c10-8-5-3-1-2-4-6-9(8)11-7-12/h8-9H,1-6H2. The van der Waals surface area contributed by atoms with Crippen molar-refractivity contribution in [1.29, 1.82) is 0 Å². The summed E-state index contributed by atoms with van der Waals surface area (Å²) in [5.74, 6) is 0. The van der Waals surface area contributed by atoms with Crippen molar-refractivity contribution in [3.8, 4) is 0 Å². The molecule has 0 bridgehead atoms. The van der Waals surface area contributed by atoms with E-state index in [0.29, 0.717) is 4.83 Å². The molecule has 1 saturated carbocycles. The second kappa shape index (κ2) is 5.50. The van der Waals surface area contributed by atoms with E-state index in [-0.39, 0.29) is 6.04 Å². The van der Waals surface area contributed by atoms with E-state index in [2.05, 4.69) is 20.9 Å². The van der Waals surface area contributed by atoms with E-state index in [0.717, 1.165) is 12.8 Å². The summed E-state index contributed by atoms with van der Waals surface area (Å²) in [5.41, 5.74) is 0. The maximum atomic E-state index is 10.1. The average molecular weight is 232 g/mol. The number of alkyl halides is 1. The number of hydrogen-bond donors (Lipinski definition) is 0. The highest BCUT2D eigenvalue weighted by molar-refractivity contribution is 9.09. The molecule has 2 unspecified atom stereocenters. The Morgan fingerprint density at radius 1 is 1.17 bits per heavy atom. The Hall–Kier alpha value is -0.140. The van der Waals surface area contributed by atoms with Crippen LogP contribution in [0.3, 0.4) is 0 Å². The van der Waals surface area contributed by atoms with E-state index < -0.39 is 0 Å². The number of aliphatic imine (C=N–C) groups is 1. The first-order valence-corrected chi connectivity index (χ1v) is 5.47. The molecular weight excluding hydrogens is 218 g/mol. The second-order valence-electron chi connectivity index (χ2n) is 3.30. The fourth-order valence-electron chi connectivity index (χ4n) is 1.63. The van der Waals surface area contributed by atoms with Crippen LogP contribution >= 0.6 is 15.9 Å². The molecule has 12 heavy (non-hydrogen) atoms. The molecular formula is C9H14BrNO. The smallest absolute Gasteiger partial charge is 0.211 e. The molecule has 0 aromatic rings. The number of hydrogen-bond acceptors (Lipinski definition) is 2. The van der Waals surface area contributed by atoms with Gasteiger partial charge in [-0.05, 0) is 12.8 Å². The Morgan fingerprint density at radius 2 is 1.83 bits per heavy atom. The highest BCUT2D eigenvalue weighted by atomic mass is 79.9.